The average Bonchev–Trinajstić information content (AvgIpc) is 2.50. The van der Waals surface area contributed by atoms with Crippen LogP contribution in [-0.4, -0.2) is 12.4 Å². The van der Waals surface area contributed by atoms with Crippen LogP contribution >= 0.6 is 0 Å². The topological polar surface area (TPSA) is 52.3 Å². The number of benzene rings is 1. The summed E-state index contributed by atoms with van der Waals surface area (Å²) in [6.45, 7) is 2.47. The number of nitrogens with two attached hydrogens (primary N) is 1. The van der Waals surface area contributed by atoms with E-state index in [-0.39, 0.29) is 5.78 Å². The van der Waals surface area contributed by atoms with Crippen LogP contribution < -0.4 is 10.5 Å². The molecule has 0 aromatic heterocycles. The van der Waals surface area contributed by atoms with Crippen molar-refractivity contribution in [3.05, 3.63) is 23.8 Å². The average molecular weight is 289 g/mol. The zero-order valence-electron chi connectivity index (χ0n) is 13.1. The maximum atomic E-state index is 12.3. The molecule has 1 aromatic carbocycles. The Morgan fingerprint density at radius 3 is 2.76 bits per heavy atom. The Balaban J connectivity index is 1.83. The first-order chi connectivity index (χ1) is 10.2. The Morgan fingerprint density at radius 1 is 1.29 bits per heavy atom. The van der Waals surface area contributed by atoms with E-state index in [1.54, 1.807) is 18.2 Å². The van der Waals surface area contributed by atoms with Crippen molar-refractivity contribution in [2.24, 2.45) is 5.92 Å². The first kappa shape index (κ1) is 15.9. The van der Waals surface area contributed by atoms with Crippen LogP contribution in [0.5, 0.6) is 5.75 Å². The zero-order chi connectivity index (χ0) is 15.1. The largest absolute Gasteiger partial charge is 0.492 e. The molecule has 116 valence electrons. The summed E-state index contributed by atoms with van der Waals surface area (Å²) >= 11 is 0. The molecule has 1 aromatic rings. The van der Waals surface area contributed by atoms with Crippen LogP contribution in [-0.2, 0) is 0 Å². The standard InChI is InChI=1S/C18H27NO2/c1-2-21-18-13-15(11-12-16(18)19)17(20)10-6-9-14-7-4-3-5-8-14/h11-14H,2-10,19H2,1H3. The summed E-state index contributed by atoms with van der Waals surface area (Å²) in [5, 5.41) is 0. The van der Waals surface area contributed by atoms with Gasteiger partial charge < -0.3 is 10.5 Å². The Bertz CT molecular complexity index is 464. The van der Waals surface area contributed by atoms with Crippen LogP contribution in [0, 0.1) is 5.92 Å². The molecule has 1 aliphatic carbocycles. The number of hydrogen-bond donors (Lipinski definition) is 1. The van der Waals surface area contributed by atoms with Crippen molar-refractivity contribution in [1.82, 2.24) is 0 Å². The summed E-state index contributed by atoms with van der Waals surface area (Å²) in [7, 11) is 0. The van der Waals surface area contributed by atoms with E-state index in [1.165, 1.54) is 38.5 Å². The van der Waals surface area contributed by atoms with Crippen LogP contribution in [0.2, 0.25) is 0 Å². The van der Waals surface area contributed by atoms with E-state index in [2.05, 4.69) is 0 Å². The molecule has 0 saturated heterocycles. The van der Waals surface area contributed by atoms with E-state index < -0.39 is 0 Å². The van der Waals surface area contributed by atoms with Crippen LogP contribution in [0.3, 0.4) is 0 Å². The first-order valence-corrected chi connectivity index (χ1v) is 8.26. The maximum Gasteiger partial charge on any atom is 0.163 e. The zero-order valence-corrected chi connectivity index (χ0v) is 13.1. The van der Waals surface area contributed by atoms with Gasteiger partial charge in [0.1, 0.15) is 5.75 Å². The molecule has 0 heterocycles. The van der Waals surface area contributed by atoms with Crippen molar-refractivity contribution in [1.29, 1.82) is 0 Å². The second kappa shape index (κ2) is 8.06. The molecule has 2 N–H and O–H groups in total. The summed E-state index contributed by atoms with van der Waals surface area (Å²) in [4.78, 5) is 12.3. The molecule has 2 rings (SSSR count). The number of anilines is 1. The molecule has 0 unspecified atom stereocenters. The molecule has 0 atom stereocenters. The summed E-state index contributed by atoms with van der Waals surface area (Å²) in [6.07, 6.45) is 9.65. The molecule has 0 amide bonds. The van der Waals surface area contributed by atoms with Crippen molar-refractivity contribution in [3.63, 3.8) is 0 Å². The van der Waals surface area contributed by atoms with Gasteiger partial charge in [0, 0.05) is 12.0 Å². The second-order valence-electron chi connectivity index (χ2n) is 6.01. The maximum absolute atomic E-state index is 12.3. The van der Waals surface area contributed by atoms with Gasteiger partial charge in [0.25, 0.3) is 0 Å². The number of ketones is 1. The molecule has 1 fully saturated rings. The van der Waals surface area contributed by atoms with Gasteiger partial charge in [-0.1, -0.05) is 38.5 Å². The minimum atomic E-state index is 0.201. The number of ether oxygens (including phenoxy) is 1. The SMILES string of the molecule is CCOc1cc(C(=O)CCCC2CCCCC2)ccc1N. The summed E-state index contributed by atoms with van der Waals surface area (Å²) in [5.74, 6) is 1.67. The third kappa shape index (κ3) is 4.76. The van der Waals surface area contributed by atoms with Crippen LogP contribution in [0.15, 0.2) is 18.2 Å². The van der Waals surface area contributed by atoms with E-state index in [9.17, 15) is 4.79 Å². The Kier molecular flexibility index (Phi) is 6.09. The predicted molar refractivity (Wildman–Crippen MR) is 86.8 cm³/mol. The normalized spacial score (nSPS) is 15.9. The summed E-state index contributed by atoms with van der Waals surface area (Å²) in [6, 6.07) is 5.35. The van der Waals surface area contributed by atoms with Crippen LogP contribution in [0.25, 0.3) is 0 Å². The Morgan fingerprint density at radius 2 is 2.05 bits per heavy atom. The summed E-state index contributed by atoms with van der Waals surface area (Å²) < 4.78 is 5.45. The van der Waals surface area contributed by atoms with Crippen molar-refractivity contribution >= 4 is 11.5 Å². The van der Waals surface area contributed by atoms with E-state index >= 15 is 0 Å². The Hall–Kier alpha value is -1.51. The molecule has 21 heavy (non-hydrogen) atoms. The molecule has 3 nitrogen and oxygen atoms in total. The quantitative estimate of drug-likeness (QED) is 0.589. The van der Waals surface area contributed by atoms with Crippen molar-refractivity contribution < 1.29 is 9.53 Å². The molecule has 0 radical (unpaired) electrons. The van der Waals surface area contributed by atoms with E-state index in [0.29, 0.717) is 24.5 Å². The minimum Gasteiger partial charge on any atom is -0.492 e. The van der Waals surface area contributed by atoms with Gasteiger partial charge in [-0.2, -0.15) is 0 Å². The lowest BCUT2D eigenvalue weighted by atomic mass is 9.85. The van der Waals surface area contributed by atoms with Gasteiger partial charge in [-0.25, -0.2) is 0 Å². The third-order valence-corrected chi connectivity index (χ3v) is 4.38. The van der Waals surface area contributed by atoms with Gasteiger partial charge in [0.2, 0.25) is 0 Å². The lowest BCUT2D eigenvalue weighted by Gasteiger charge is -2.21. The number of rotatable bonds is 7. The van der Waals surface area contributed by atoms with E-state index in [4.69, 9.17) is 10.5 Å². The highest BCUT2D eigenvalue weighted by molar-refractivity contribution is 5.96. The highest BCUT2D eigenvalue weighted by atomic mass is 16.5. The fourth-order valence-electron chi connectivity index (χ4n) is 3.16. The fourth-order valence-corrected chi connectivity index (χ4v) is 3.16. The van der Waals surface area contributed by atoms with Gasteiger partial charge >= 0.3 is 0 Å². The lowest BCUT2D eigenvalue weighted by Crippen LogP contribution is -2.07. The molecule has 0 spiro atoms. The minimum absolute atomic E-state index is 0.201. The molecule has 0 aliphatic heterocycles. The third-order valence-electron chi connectivity index (χ3n) is 4.38. The van der Waals surface area contributed by atoms with Crippen molar-refractivity contribution in [2.45, 2.75) is 58.3 Å². The fraction of sp³-hybridized carbons (Fsp3) is 0.611. The first-order valence-electron chi connectivity index (χ1n) is 8.26. The van der Waals surface area contributed by atoms with E-state index in [1.807, 2.05) is 6.92 Å². The molecular weight excluding hydrogens is 262 g/mol. The molecule has 3 heteroatoms. The van der Waals surface area contributed by atoms with Crippen molar-refractivity contribution in [3.8, 4) is 5.75 Å². The number of Topliss-reactive ketones (excluding diaryl/α,β-unsaturated/α-hetero) is 1. The summed E-state index contributed by atoms with van der Waals surface area (Å²) in [5.41, 5.74) is 7.15. The number of nitrogen functional groups attached to an aromatic ring is 1. The number of hydrogen-bond acceptors (Lipinski definition) is 3. The highest BCUT2D eigenvalue weighted by Gasteiger charge is 2.14. The van der Waals surface area contributed by atoms with Gasteiger partial charge in [0.05, 0.1) is 12.3 Å². The van der Waals surface area contributed by atoms with Gasteiger partial charge in [-0.3, -0.25) is 4.79 Å². The molecule has 0 bridgehead atoms. The molecular formula is C18H27NO2. The van der Waals surface area contributed by atoms with Gasteiger partial charge in [0.15, 0.2) is 5.78 Å². The second-order valence-corrected chi connectivity index (χ2v) is 6.01. The molecule has 1 aliphatic rings. The lowest BCUT2D eigenvalue weighted by molar-refractivity contribution is 0.0976. The van der Waals surface area contributed by atoms with Crippen LogP contribution in [0.1, 0.15) is 68.6 Å². The van der Waals surface area contributed by atoms with Gasteiger partial charge in [-0.05, 0) is 37.5 Å². The highest BCUT2D eigenvalue weighted by Crippen LogP contribution is 2.28. The van der Waals surface area contributed by atoms with E-state index in [0.717, 1.165) is 17.9 Å². The smallest absolute Gasteiger partial charge is 0.163 e. The monoisotopic (exact) mass is 289 g/mol. The van der Waals surface area contributed by atoms with Gasteiger partial charge in [-0.15, -0.1) is 0 Å². The number of carbonyl (C=O) groups is 1. The van der Waals surface area contributed by atoms with Crippen molar-refractivity contribution in [2.75, 3.05) is 12.3 Å². The predicted octanol–water partition coefficient (Wildman–Crippen LogP) is 4.60. The molecule has 1 saturated carbocycles. The number of carbonyl (C=O) groups excluding carboxylic acids is 1. The Labute approximate surface area is 127 Å². The van der Waals surface area contributed by atoms with Crippen LogP contribution in [0.4, 0.5) is 5.69 Å².